The van der Waals surface area contributed by atoms with Crippen LogP contribution in [0.2, 0.25) is 0 Å². The first kappa shape index (κ1) is 8.06. The minimum Gasteiger partial charge on any atom is -0.327 e. The smallest absolute Gasteiger partial charge is 0.00647 e. The highest BCUT2D eigenvalue weighted by Crippen LogP contribution is 2.29. The van der Waals surface area contributed by atoms with E-state index in [1.807, 2.05) is 0 Å². The Morgan fingerprint density at radius 2 is 2.10 bits per heavy atom. The number of hydrogen-bond acceptors (Lipinski definition) is 1. The van der Waals surface area contributed by atoms with Gasteiger partial charge in [0.05, 0.1) is 0 Å². The normalized spacial score (nSPS) is 41.7. The van der Waals surface area contributed by atoms with Crippen LogP contribution in [0.3, 0.4) is 0 Å². The van der Waals surface area contributed by atoms with Crippen LogP contribution < -0.4 is 5.73 Å². The van der Waals surface area contributed by atoms with Crippen LogP contribution in [0, 0.1) is 11.8 Å². The van der Waals surface area contributed by atoms with Crippen molar-refractivity contribution in [1.29, 1.82) is 0 Å². The highest BCUT2D eigenvalue weighted by molar-refractivity contribution is 4.78. The van der Waals surface area contributed by atoms with Gasteiger partial charge in [-0.2, -0.15) is 0 Å². The second kappa shape index (κ2) is 3.38. The maximum atomic E-state index is 5.90. The van der Waals surface area contributed by atoms with E-state index in [0.717, 1.165) is 11.8 Å². The lowest BCUT2D eigenvalue weighted by molar-refractivity contribution is 0.243. The Morgan fingerprint density at radius 1 is 1.40 bits per heavy atom. The molecule has 1 fully saturated rings. The molecule has 2 N–H and O–H groups in total. The zero-order valence-corrected chi connectivity index (χ0v) is 7.14. The summed E-state index contributed by atoms with van der Waals surface area (Å²) < 4.78 is 0. The summed E-state index contributed by atoms with van der Waals surface area (Å²) >= 11 is 0. The molecule has 1 nitrogen and oxygen atoms in total. The largest absolute Gasteiger partial charge is 0.327 e. The van der Waals surface area contributed by atoms with E-state index < -0.39 is 0 Å². The van der Waals surface area contributed by atoms with Gasteiger partial charge in [0.15, 0.2) is 0 Å². The van der Waals surface area contributed by atoms with Crippen molar-refractivity contribution in [2.24, 2.45) is 17.6 Å². The first-order valence-corrected chi connectivity index (χ1v) is 4.49. The molecule has 60 valence electrons. The maximum absolute atomic E-state index is 5.90. The molecule has 3 unspecified atom stereocenters. The van der Waals surface area contributed by atoms with Gasteiger partial charge >= 0.3 is 0 Å². The van der Waals surface area contributed by atoms with E-state index in [1.165, 1.54) is 25.7 Å². The van der Waals surface area contributed by atoms with Gasteiger partial charge in [-0.1, -0.05) is 20.3 Å². The monoisotopic (exact) mass is 141 g/mol. The summed E-state index contributed by atoms with van der Waals surface area (Å²) in [6, 6.07) is 0.489. The third kappa shape index (κ3) is 1.72. The van der Waals surface area contributed by atoms with Gasteiger partial charge < -0.3 is 5.73 Å². The highest BCUT2D eigenvalue weighted by atomic mass is 14.7. The second-order valence-electron chi connectivity index (χ2n) is 3.73. The SMILES string of the molecule is CCC1CCC(N)C(C)C1. The molecule has 1 heteroatoms. The van der Waals surface area contributed by atoms with Crippen molar-refractivity contribution in [3.63, 3.8) is 0 Å². The Bertz CT molecular complexity index is 101. The van der Waals surface area contributed by atoms with Gasteiger partial charge in [0.1, 0.15) is 0 Å². The second-order valence-corrected chi connectivity index (χ2v) is 3.73. The average Bonchev–Trinajstić information content (AvgIpc) is 1.95. The third-order valence-corrected chi connectivity index (χ3v) is 2.92. The van der Waals surface area contributed by atoms with Crippen LogP contribution in [0.15, 0.2) is 0 Å². The topological polar surface area (TPSA) is 26.0 Å². The van der Waals surface area contributed by atoms with E-state index in [0.29, 0.717) is 6.04 Å². The zero-order chi connectivity index (χ0) is 7.56. The lowest BCUT2D eigenvalue weighted by Crippen LogP contribution is -2.34. The van der Waals surface area contributed by atoms with Crippen molar-refractivity contribution in [2.75, 3.05) is 0 Å². The minimum absolute atomic E-state index is 0.489. The summed E-state index contributed by atoms with van der Waals surface area (Å²) in [5.74, 6) is 1.73. The van der Waals surface area contributed by atoms with Crippen LogP contribution in [-0.4, -0.2) is 6.04 Å². The van der Waals surface area contributed by atoms with Crippen LogP contribution in [-0.2, 0) is 0 Å². The number of nitrogens with two attached hydrogens (primary N) is 1. The standard InChI is InChI=1S/C9H19N/c1-3-8-4-5-9(10)7(2)6-8/h7-9H,3-6,10H2,1-2H3. The molecule has 0 aromatic heterocycles. The van der Waals surface area contributed by atoms with Gasteiger partial charge in [0.2, 0.25) is 0 Å². The molecule has 0 aliphatic heterocycles. The van der Waals surface area contributed by atoms with E-state index in [9.17, 15) is 0 Å². The summed E-state index contributed by atoms with van der Waals surface area (Å²) in [4.78, 5) is 0. The third-order valence-electron chi connectivity index (χ3n) is 2.92. The Morgan fingerprint density at radius 3 is 2.60 bits per heavy atom. The molecule has 0 heterocycles. The molecule has 1 saturated carbocycles. The molecule has 1 aliphatic rings. The van der Waals surface area contributed by atoms with Crippen molar-refractivity contribution in [2.45, 2.75) is 45.6 Å². The molecule has 3 atom stereocenters. The molecular weight excluding hydrogens is 122 g/mol. The predicted octanol–water partition coefficient (Wildman–Crippen LogP) is 2.16. The average molecular weight is 141 g/mol. The minimum atomic E-state index is 0.489. The molecule has 0 aromatic rings. The van der Waals surface area contributed by atoms with Crippen LogP contribution in [0.5, 0.6) is 0 Å². The first-order valence-electron chi connectivity index (χ1n) is 4.49. The van der Waals surface area contributed by atoms with E-state index in [-0.39, 0.29) is 0 Å². The van der Waals surface area contributed by atoms with Crippen molar-refractivity contribution in [3.8, 4) is 0 Å². The van der Waals surface area contributed by atoms with Gasteiger partial charge in [-0.15, -0.1) is 0 Å². The quantitative estimate of drug-likeness (QED) is 0.595. The zero-order valence-electron chi connectivity index (χ0n) is 7.14. The van der Waals surface area contributed by atoms with E-state index in [4.69, 9.17) is 5.73 Å². The molecule has 0 aromatic carbocycles. The molecule has 0 amide bonds. The summed E-state index contributed by atoms with van der Waals surface area (Å²) in [7, 11) is 0. The fourth-order valence-corrected chi connectivity index (χ4v) is 1.90. The van der Waals surface area contributed by atoms with E-state index in [2.05, 4.69) is 13.8 Å². The van der Waals surface area contributed by atoms with E-state index >= 15 is 0 Å². The molecule has 0 spiro atoms. The van der Waals surface area contributed by atoms with Gasteiger partial charge in [-0.05, 0) is 31.1 Å². The molecule has 1 aliphatic carbocycles. The van der Waals surface area contributed by atoms with Crippen LogP contribution in [0.25, 0.3) is 0 Å². The molecule has 0 radical (unpaired) electrons. The fourth-order valence-electron chi connectivity index (χ4n) is 1.90. The van der Waals surface area contributed by atoms with Crippen LogP contribution >= 0.6 is 0 Å². The predicted molar refractivity (Wildman–Crippen MR) is 44.8 cm³/mol. The molecule has 0 bridgehead atoms. The van der Waals surface area contributed by atoms with Crippen molar-refractivity contribution in [3.05, 3.63) is 0 Å². The van der Waals surface area contributed by atoms with Crippen LogP contribution in [0.1, 0.15) is 39.5 Å². The number of rotatable bonds is 1. The Kier molecular flexibility index (Phi) is 2.72. The van der Waals surface area contributed by atoms with Gasteiger partial charge in [0, 0.05) is 6.04 Å². The maximum Gasteiger partial charge on any atom is 0.00647 e. The summed E-state index contributed by atoms with van der Waals surface area (Å²) in [5.41, 5.74) is 5.90. The van der Waals surface area contributed by atoms with Gasteiger partial charge in [-0.3, -0.25) is 0 Å². The first-order chi connectivity index (χ1) is 4.74. The van der Waals surface area contributed by atoms with E-state index in [1.54, 1.807) is 0 Å². The summed E-state index contributed by atoms with van der Waals surface area (Å²) in [6.45, 7) is 4.57. The summed E-state index contributed by atoms with van der Waals surface area (Å²) in [5, 5.41) is 0. The highest BCUT2D eigenvalue weighted by Gasteiger charge is 2.23. The Hall–Kier alpha value is -0.0400. The number of hydrogen-bond donors (Lipinski definition) is 1. The van der Waals surface area contributed by atoms with Gasteiger partial charge in [-0.25, -0.2) is 0 Å². The van der Waals surface area contributed by atoms with Crippen molar-refractivity contribution >= 4 is 0 Å². The Labute approximate surface area is 64.0 Å². The molecule has 1 rings (SSSR count). The lowest BCUT2D eigenvalue weighted by Gasteiger charge is -2.31. The lowest BCUT2D eigenvalue weighted by atomic mass is 9.78. The van der Waals surface area contributed by atoms with Crippen molar-refractivity contribution < 1.29 is 0 Å². The Balaban J connectivity index is 2.33. The van der Waals surface area contributed by atoms with Crippen molar-refractivity contribution in [1.82, 2.24) is 0 Å². The molecule has 0 saturated heterocycles. The van der Waals surface area contributed by atoms with Crippen LogP contribution in [0.4, 0.5) is 0 Å². The van der Waals surface area contributed by atoms with Gasteiger partial charge in [0.25, 0.3) is 0 Å². The summed E-state index contributed by atoms with van der Waals surface area (Å²) in [6.07, 6.45) is 5.32. The fraction of sp³-hybridized carbons (Fsp3) is 1.00. The molecule has 10 heavy (non-hydrogen) atoms. The molecular formula is C9H19N.